The van der Waals surface area contributed by atoms with Crippen LogP contribution in [-0.2, 0) is 14.6 Å². The van der Waals surface area contributed by atoms with Crippen LogP contribution in [0.3, 0.4) is 0 Å². The van der Waals surface area contributed by atoms with E-state index in [4.69, 9.17) is 4.74 Å². The Labute approximate surface area is 177 Å². The van der Waals surface area contributed by atoms with Gasteiger partial charge in [0, 0.05) is 37.8 Å². The van der Waals surface area contributed by atoms with Crippen LogP contribution in [0.25, 0.3) is 21.9 Å². The van der Waals surface area contributed by atoms with Crippen molar-refractivity contribution in [2.24, 2.45) is 5.92 Å². The van der Waals surface area contributed by atoms with Crippen LogP contribution < -0.4 is 4.74 Å². The highest BCUT2D eigenvalue weighted by Crippen LogP contribution is 2.38. The molecule has 0 radical (unpaired) electrons. The summed E-state index contributed by atoms with van der Waals surface area (Å²) in [5, 5.41) is 2.15. The standard InChI is InChI=1S/C24H25NO4S/c1-25-15-17(7-14-23(25)26)16-29-22-13-10-18-5-3-4-6-21(18)24(22)19-8-11-20(12-9-19)30(2,27)28/h3-6,8-13,17H,7,14-16H2,1-2H3. The van der Waals surface area contributed by atoms with Gasteiger partial charge >= 0.3 is 0 Å². The third-order valence-corrected chi connectivity index (χ3v) is 6.79. The highest BCUT2D eigenvalue weighted by molar-refractivity contribution is 7.90. The molecule has 3 aromatic rings. The van der Waals surface area contributed by atoms with Gasteiger partial charge in [-0.2, -0.15) is 0 Å². The SMILES string of the molecule is CN1CC(COc2ccc3ccccc3c2-c2ccc(S(C)(=O)=O)cc2)CCC1=O. The fourth-order valence-corrected chi connectivity index (χ4v) is 4.61. The monoisotopic (exact) mass is 423 g/mol. The van der Waals surface area contributed by atoms with Gasteiger partial charge < -0.3 is 9.64 Å². The number of sulfone groups is 1. The van der Waals surface area contributed by atoms with Crippen molar-refractivity contribution in [3.8, 4) is 16.9 Å². The van der Waals surface area contributed by atoms with E-state index >= 15 is 0 Å². The summed E-state index contributed by atoms with van der Waals surface area (Å²) in [5.41, 5.74) is 1.86. The van der Waals surface area contributed by atoms with Gasteiger partial charge in [0.1, 0.15) is 5.75 Å². The van der Waals surface area contributed by atoms with Gasteiger partial charge in [0.15, 0.2) is 9.84 Å². The van der Waals surface area contributed by atoms with E-state index in [-0.39, 0.29) is 5.91 Å². The molecule has 1 aliphatic heterocycles. The van der Waals surface area contributed by atoms with Crippen LogP contribution in [0, 0.1) is 5.92 Å². The van der Waals surface area contributed by atoms with Crippen LogP contribution in [0.4, 0.5) is 0 Å². The Balaban J connectivity index is 1.69. The second-order valence-electron chi connectivity index (χ2n) is 7.95. The van der Waals surface area contributed by atoms with Gasteiger partial charge in [0.25, 0.3) is 0 Å². The molecule has 0 aliphatic carbocycles. The van der Waals surface area contributed by atoms with Crippen molar-refractivity contribution in [1.29, 1.82) is 0 Å². The maximum atomic E-state index is 11.8. The van der Waals surface area contributed by atoms with Crippen molar-refractivity contribution in [1.82, 2.24) is 4.90 Å². The Kier molecular flexibility index (Phi) is 5.52. The summed E-state index contributed by atoms with van der Waals surface area (Å²) in [6.45, 7) is 1.23. The van der Waals surface area contributed by atoms with E-state index in [0.29, 0.717) is 30.4 Å². The molecule has 1 atom stereocenters. The molecule has 30 heavy (non-hydrogen) atoms. The first kappa shape index (κ1) is 20.4. The molecule has 1 fully saturated rings. The van der Waals surface area contributed by atoms with Crippen molar-refractivity contribution in [3.63, 3.8) is 0 Å². The summed E-state index contributed by atoms with van der Waals surface area (Å²) in [7, 11) is -1.42. The molecule has 1 amide bonds. The molecule has 0 saturated carbocycles. The molecule has 1 saturated heterocycles. The smallest absolute Gasteiger partial charge is 0.222 e. The van der Waals surface area contributed by atoms with Gasteiger partial charge in [-0.3, -0.25) is 4.79 Å². The summed E-state index contributed by atoms with van der Waals surface area (Å²) < 4.78 is 29.9. The quantitative estimate of drug-likeness (QED) is 0.618. The largest absolute Gasteiger partial charge is 0.493 e. The number of ether oxygens (including phenoxy) is 1. The molecule has 1 aliphatic rings. The van der Waals surface area contributed by atoms with Crippen LogP contribution >= 0.6 is 0 Å². The maximum absolute atomic E-state index is 11.8. The van der Waals surface area contributed by atoms with Gasteiger partial charge in [-0.25, -0.2) is 8.42 Å². The van der Waals surface area contributed by atoms with Gasteiger partial charge in [-0.05, 0) is 41.0 Å². The van der Waals surface area contributed by atoms with E-state index in [2.05, 4.69) is 12.1 Å². The Morgan fingerprint density at radius 2 is 1.77 bits per heavy atom. The predicted molar refractivity (Wildman–Crippen MR) is 118 cm³/mol. The fraction of sp³-hybridized carbons (Fsp3) is 0.292. The lowest BCUT2D eigenvalue weighted by Gasteiger charge is -2.29. The van der Waals surface area contributed by atoms with Crippen molar-refractivity contribution < 1.29 is 17.9 Å². The molecule has 0 spiro atoms. The minimum Gasteiger partial charge on any atom is -0.493 e. The van der Waals surface area contributed by atoms with Crippen molar-refractivity contribution >= 4 is 26.5 Å². The Hall–Kier alpha value is -2.86. The molecule has 4 rings (SSSR count). The molecule has 1 heterocycles. The number of nitrogens with zero attached hydrogens (tertiary/aromatic N) is 1. The van der Waals surface area contributed by atoms with Gasteiger partial charge in [-0.1, -0.05) is 42.5 Å². The van der Waals surface area contributed by atoms with Crippen molar-refractivity contribution in [3.05, 3.63) is 60.7 Å². The number of piperidine rings is 1. The van der Waals surface area contributed by atoms with E-state index in [1.54, 1.807) is 17.0 Å². The van der Waals surface area contributed by atoms with Gasteiger partial charge in [-0.15, -0.1) is 0 Å². The lowest BCUT2D eigenvalue weighted by Crippen LogP contribution is -2.38. The topological polar surface area (TPSA) is 63.7 Å². The first-order chi connectivity index (χ1) is 14.3. The molecule has 5 nitrogen and oxygen atoms in total. The van der Waals surface area contributed by atoms with E-state index in [1.165, 1.54) is 6.26 Å². The van der Waals surface area contributed by atoms with Crippen molar-refractivity contribution in [2.75, 3.05) is 26.5 Å². The first-order valence-corrected chi connectivity index (χ1v) is 11.9. The summed E-state index contributed by atoms with van der Waals surface area (Å²) in [6.07, 6.45) is 2.59. The van der Waals surface area contributed by atoms with E-state index in [9.17, 15) is 13.2 Å². The Morgan fingerprint density at radius 1 is 1.03 bits per heavy atom. The average molecular weight is 424 g/mol. The highest BCUT2D eigenvalue weighted by atomic mass is 32.2. The second kappa shape index (κ2) is 8.11. The Morgan fingerprint density at radius 3 is 2.47 bits per heavy atom. The number of hydrogen-bond acceptors (Lipinski definition) is 4. The third kappa shape index (κ3) is 4.19. The van der Waals surface area contributed by atoms with Crippen LogP contribution in [0.5, 0.6) is 5.75 Å². The molecule has 0 bridgehead atoms. The Bertz CT molecular complexity index is 1190. The van der Waals surface area contributed by atoms with Crippen molar-refractivity contribution in [2.45, 2.75) is 17.7 Å². The maximum Gasteiger partial charge on any atom is 0.222 e. The summed E-state index contributed by atoms with van der Waals surface area (Å²) in [6, 6.07) is 19.0. The summed E-state index contributed by atoms with van der Waals surface area (Å²) >= 11 is 0. The van der Waals surface area contributed by atoms with Gasteiger partial charge in [0.2, 0.25) is 5.91 Å². The van der Waals surface area contributed by atoms with Crippen LogP contribution in [0.2, 0.25) is 0 Å². The molecule has 3 aromatic carbocycles. The minimum absolute atomic E-state index is 0.184. The third-order valence-electron chi connectivity index (χ3n) is 5.66. The lowest BCUT2D eigenvalue weighted by molar-refractivity contribution is -0.133. The predicted octanol–water partition coefficient (Wildman–Crippen LogP) is 4.16. The average Bonchev–Trinajstić information content (AvgIpc) is 2.73. The minimum atomic E-state index is -3.25. The van der Waals surface area contributed by atoms with Gasteiger partial charge in [0.05, 0.1) is 11.5 Å². The number of amides is 1. The molecule has 0 N–H and O–H groups in total. The zero-order valence-electron chi connectivity index (χ0n) is 17.2. The summed E-state index contributed by atoms with van der Waals surface area (Å²) in [5.74, 6) is 1.24. The number of rotatable bonds is 5. The fourth-order valence-electron chi connectivity index (χ4n) is 3.98. The number of carbonyl (C=O) groups is 1. The lowest BCUT2D eigenvalue weighted by atomic mass is 9.96. The molecule has 0 aromatic heterocycles. The molecule has 156 valence electrons. The number of hydrogen-bond donors (Lipinski definition) is 0. The normalized spacial score (nSPS) is 17.3. The number of likely N-dealkylation sites (tertiary alicyclic amines) is 1. The number of benzene rings is 3. The number of fused-ring (bicyclic) bond motifs is 1. The van der Waals surface area contributed by atoms with Crippen LogP contribution in [-0.4, -0.2) is 45.7 Å². The highest BCUT2D eigenvalue weighted by Gasteiger charge is 2.24. The molecule has 1 unspecified atom stereocenters. The molecule has 6 heteroatoms. The molecular formula is C24H25NO4S. The summed E-state index contributed by atoms with van der Waals surface area (Å²) in [4.78, 5) is 13.8. The zero-order valence-corrected chi connectivity index (χ0v) is 18.0. The van der Waals surface area contributed by atoms with E-state index in [1.807, 2.05) is 43.4 Å². The first-order valence-electron chi connectivity index (χ1n) is 10.0. The van der Waals surface area contributed by atoms with Crippen LogP contribution in [0.1, 0.15) is 12.8 Å². The second-order valence-corrected chi connectivity index (χ2v) is 9.96. The van der Waals surface area contributed by atoms with E-state index < -0.39 is 9.84 Å². The number of carbonyl (C=O) groups excluding carboxylic acids is 1. The molecular weight excluding hydrogens is 398 g/mol. The van der Waals surface area contributed by atoms with Crippen LogP contribution in [0.15, 0.2) is 65.6 Å². The van der Waals surface area contributed by atoms with E-state index in [0.717, 1.165) is 34.1 Å². The zero-order chi connectivity index (χ0) is 21.3.